The van der Waals surface area contributed by atoms with Crippen LogP contribution in [0.1, 0.15) is 36.6 Å². The van der Waals surface area contributed by atoms with Crippen LogP contribution in [0.25, 0.3) is 0 Å². The van der Waals surface area contributed by atoms with Gasteiger partial charge in [-0.1, -0.05) is 6.92 Å². The van der Waals surface area contributed by atoms with Gasteiger partial charge >= 0.3 is 15.5 Å². The highest BCUT2D eigenvalue weighted by Gasteiger charge is 2.50. The summed E-state index contributed by atoms with van der Waals surface area (Å²) in [7, 11) is -5.25. The molecule has 0 bridgehead atoms. The van der Waals surface area contributed by atoms with Crippen molar-refractivity contribution in [3.8, 4) is 0 Å². The average Bonchev–Trinajstić information content (AvgIpc) is 3.09. The van der Waals surface area contributed by atoms with E-state index < -0.39 is 15.5 Å². The molecule has 0 atom stereocenters. The lowest BCUT2D eigenvalue weighted by molar-refractivity contribution is -0.0494. The van der Waals surface area contributed by atoms with Crippen molar-refractivity contribution >= 4 is 27.3 Å². The SMILES string of the molecule is CCNC(=NCCc1ncc(CC)s1)NC1CCN(S(=O)(=O)C(F)(F)F)CC1. The van der Waals surface area contributed by atoms with E-state index in [-0.39, 0.29) is 32.0 Å². The number of nitrogens with one attached hydrogen (secondary N) is 2. The third-order valence-corrected chi connectivity index (χ3v) is 7.15. The lowest BCUT2D eigenvalue weighted by Gasteiger charge is -2.32. The Kier molecular flexibility index (Phi) is 8.07. The first-order chi connectivity index (χ1) is 13.2. The zero-order chi connectivity index (χ0) is 20.8. The largest absolute Gasteiger partial charge is 0.511 e. The fourth-order valence-electron chi connectivity index (χ4n) is 2.79. The number of aromatic nitrogens is 1. The number of piperidine rings is 1. The van der Waals surface area contributed by atoms with Gasteiger partial charge in [0, 0.05) is 49.7 Å². The van der Waals surface area contributed by atoms with Crippen molar-refractivity contribution in [1.29, 1.82) is 0 Å². The lowest BCUT2D eigenvalue weighted by atomic mass is 10.1. The van der Waals surface area contributed by atoms with E-state index in [2.05, 4.69) is 27.5 Å². The van der Waals surface area contributed by atoms with E-state index in [9.17, 15) is 21.6 Å². The number of guanidine groups is 1. The van der Waals surface area contributed by atoms with E-state index in [1.807, 2.05) is 13.1 Å². The minimum atomic E-state index is -5.25. The van der Waals surface area contributed by atoms with Gasteiger partial charge in [0.25, 0.3) is 0 Å². The maximum atomic E-state index is 12.7. The highest BCUT2D eigenvalue weighted by molar-refractivity contribution is 7.90. The summed E-state index contributed by atoms with van der Waals surface area (Å²) in [6.45, 7) is 4.84. The summed E-state index contributed by atoms with van der Waals surface area (Å²) in [5.41, 5.74) is -5.25. The summed E-state index contributed by atoms with van der Waals surface area (Å²) in [6, 6.07) is -0.135. The molecule has 0 spiro atoms. The Balaban J connectivity index is 1.87. The third-order valence-electron chi connectivity index (χ3n) is 4.32. The van der Waals surface area contributed by atoms with Crippen molar-refractivity contribution in [1.82, 2.24) is 19.9 Å². The molecule has 0 aliphatic carbocycles. The number of halogens is 3. The summed E-state index contributed by atoms with van der Waals surface area (Å²) in [5.74, 6) is 0.576. The normalized spacial score (nSPS) is 17.7. The summed E-state index contributed by atoms with van der Waals surface area (Å²) in [5, 5.41) is 7.31. The number of hydrogen-bond donors (Lipinski definition) is 2. The Hall–Kier alpha value is -1.40. The van der Waals surface area contributed by atoms with Crippen LogP contribution in [-0.2, 0) is 22.9 Å². The molecule has 1 aliphatic heterocycles. The highest BCUT2D eigenvalue weighted by atomic mass is 32.2. The second-order valence-electron chi connectivity index (χ2n) is 6.35. The monoisotopic (exact) mass is 441 g/mol. The van der Waals surface area contributed by atoms with Crippen molar-refractivity contribution in [2.45, 2.75) is 51.1 Å². The van der Waals surface area contributed by atoms with E-state index >= 15 is 0 Å². The molecule has 1 saturated heterocycles. The van der Waals surface area contributed by atoms with Gasteiger partial charge in [0.15, 0.2) is 5.96 Å². The number of aliphatic imine (C=N–C) groups is 1. The van der Waals surface area contributed by atoms with Crippen LogP contribution in [-0.4, -0.2) is 61.4 Å². The molecule has 0 aromatic carbocycles. The van der Waals surface area contributed by atoms with Crippen molar-refractivity contribution in [3.05, 3.63) is 16.1 Å². The molecule has 1 aromatic rings. The molecule has 0 amide bonds. The Morgan fingerprint density at radius 2 is 2.04 bits per heavy atom. The van der Waals surface area contributed by atoms with E-state index in [4.69, 9.17) is 0 Å². The number of hydrogen-bond acceptors (Lipinski definition) is 5. The summed E-state index contributed by atoms with van der Waals surface area (Å²) < 4.78 is 61.4. The number of thiazole rings is 1. The first-order valence-electron chi connectivity index (χ1n) is 9.22. The fourth-order valence-corrected chi connectivity index (χ4v) is 4.63. The molecule has 1 aromatic heterocycles. The Morgan fingerprint density at radius 3 is 2.57 bits per heavy atom. The molecule has 2 N–H and O–H groups in total. The fraction of sp³-hybridized carbons (Fsp3) is 0.750. The minimum absolute atomic E-state index is 0.135. The molecular formula is C16H26F3N5O2S2. The quantitative estimate of drug-likeness (QED) is 0.500. The number of sulfonamides is 1. The minimum Gasteiger partial charge on any atom is -0.357 e. The molecule has 2 heterocycles. The molecule has 7 nitrogen and oxygen atoms in total. The van der Waals surface area contributed by atoms with Gasteiger partial charge in [-0.15, -0.1) is 11.3 Å². The molecule has 1 fully saturated rings. The van der Waals surface area contributed by atoms with Crippen LogP contribution >= 0.6 is 11.3 Å². The van der Waals surface area contributed by atoms with Gasteiger partial charge in [-0.2, -0.15) is 17.5 Å². The van der Waals surface area contributed by atoms with Gasteiger partial charge < -0.3 is 10.6 Å². The van der Waals surface area contributed by atoms with Crippen LogP contribution in [0.5, 0.6) is 0 Å². The number of rotatable bonds is 7. The molecule has 0 saturated carbocycles. The number of aryl methyl sites for hydroxylation is 1. The first kappa shape index (κ1) is 22.9. The molecule has 12 heteroatoms. The van der Waals surface area contributed by atoms with E-state index in [1.54, 1.807) is 11.3 Å². The van der Waals surface area contributed by atoms with Gasteiger partial charge in [0.2, 0.25) is 0 Å². The van der Waals surface area contributed by atoms with Crippen LogP contribution in [0.15, 0.2) is 11.2 Å². The van der Waals surface area contributed by atoms with E-state index in [0.29, 0.717) is 29.8 Å². The molecule has 0 radical (unpaired) electrons. The van der Waals surface area contributed by atoms with Crippen molar-refractivity contribution in [3.63, 3.8) is 0 Å². The summed E-state index contributed by atoms with van der Waals surface area (Å²) in [4.78, 5) is 10.1. The van der Waals surface area contributed by atoms with Crippen molar-refractivity contribution in [2.75, 3.05) is 26.2 Å². The van der Waals surface area contributed by atoms with E-state index in [1.165, 1.54) is 4.88 Å². The highest BCUT2D eigenvalue weighted by Crippen LogP contribution is 2.28. The first-order valence-corrected chi connectivity index (χ1v) is 11.5. The Morgan fingerprint density at radius 1 is 1.36 bits per heavy atom. The maximum absolute atomic E-state index is 12.7. The summed E-state index contributed by atoms with van der Waals surface area (Å²) >= 11 is 1.66. The second kappa shape index (κ2) is 9.88. The smallest absolute Gasteiger partial charge is 0.357 e. The third kappa shape index (κ3) is 6.05. The molecule has 1 aliphatic rings. The Bertz CT molecular complexity index is 757. The number of alkyl halides is 3. The van der Waals surface area contributed by atoms with Crippen molar-refractivity contribution < 1.29 is 21.6 Å². The second-order valence-corrected chi connectivity index (χ2v) is 9.48. The molecule has 0 unspecified atom stereocenters. The van der Waals surface area contributed by atoms with Gasteiger partial charge in [-0.3, -0.25) is 4.99 Å². The average molecular weight is 442 g/mol. The zero-order valence-electron chi connectivity index (χ0n) is 15.9. The zero-order valence-corrected chi connectivity index (χ0v) is 17.6. The van der Waals surface area contributed by atoms with Crippen LogP contribution in [0.3, 0.4) is 0 Å². The predicted octanol–water partition coefficient (Wildman–Crippen LogP) is 2.12. The molecule has 160 valence electrons. The topological polar surface area (TPSA) is 86.7 Å². The maximum Gasteiger partial charge on any atom is 0.511 e. The van der Waals surface area contributed by atoms with Crippen LogP contribution in [0, 0.1) is 0 Å². The molecular weight excluding hydrogens is 415 g/mol. The van der Waals surface area contributed by atoms with E-state index in [0.717, 1.165) is 11.4 Å². The summed E-state index contributed by atoms with van der Waals surface area (Å²) in [6.07, 6.45) is 4.10. The van der Waals surface area contributed by atoms with Crippen LogP contribution in [0.2, 0.25) is 0 Å². The van der Waals surface area contributed by atoms with Crippen LogP contribution < -0.4 is 10.6 Å². The lowest BCUT2D eigenvalue weighted by Crippen LogP contribution is -2.51. The standard InChI is InChI=1S/C16H26F3N5O2S2/c1-3-13-11-22-14(27-13)5-8-21-15(20-4-2)23-12-6-9-24(10-7-12)28(25,26)16(17,18)19/h11-12H,3-10H2,1-2H3,(H2,20,21,23). The van der Waals surface area contributed by atoms with Crippen LogP contribution in [0.4, 0.5) is 13.2 Å². The number of nitrogens with zero attached hydrogens (tertiary/aromatic N) is 3. The van der Waals surface area contributed by atoms with Gasteiger partial charge in [0.1, 0.15) is 0 Å². The molecule has 2 rings (SSSR count). The van der Waals surface area contributed by atoms with Crippen molar-refractivity contribution in [2.24, 2.45) is 4.99 Å². The van der Waals surface area contributed by atoms with Gasteiger partial charge in [-0.25, -0.2) is 13.4 Å². The predicted molar refractivity (Wildman–Crippen MR) is 104 cm³/mol. The van der Waals surface area contributed by atoms with Gasteiger partial charge in [-0.05, 0) is 26.2 Å². The Labute approximate surface area is 167 Å². The molecule has 28 heavy (non-hydrogen) atoms. The van der Waals surface area contributed by atoms with Gasteiger partial charge in [0.05, 0.1) is 5.01 Å².